The monoisotopic (exact) mass is 461 g/mol. The van der Waals surface area contributed by atoms with E-state index in [4.69, 9.17) is 4.74 Å². The summed E-state index contributed by atoms with van der Waals surface area (Å²) in [4.78, 5) is 45.7. The van der Waals surface area contributed by atoms with E-state index in [-0.39, 0.29) is 23.9 Å². The molecule has 0 aromatic heterocycles. The first-order valence-corrected chi connectivity index (χ1v) is 9.87. The third kappa shape index (κ3) is 7.27. The van der Waals surface area contributed by atoms with Gasteiger partial charge in [-0.15, -0.1) is 0 Å². The Morgan fingerprint density at radius 1 is 0.853 bits per heavy atom. The number of ether oxygens (including phenoxy) is 1. The summed E-state index contributed by atoms with van der Waals surface area (Å²) in [6.07, 6.45) is 1.32. The molecule has 11 nitrogen and oxygen atoms in total. The second kappa shape index (κ2) is 11.5. The predicted molar refractivity (Wildman–Crippen MR) is 124 cm³/mol. The largest absolute Gasteiger partial charge is 0.484 e. The zero-order valence-electron chi connectivity index (χ0n) is 17.6. The number of nitrogens with zero attached hydrogens (tertiary/aromatic N) is 2. The smallest absolute Gasteiger partial charge is 0.329 e. The number of hydrogen-bond donors (Lipinski definition) is 3. The highest BCUT2D eigenvalue weighted by Crippen LogP contribution is 2.15. The van der Waals surface area contributed by atoms with Crippen LogP contribution >= 0.6 is 0 Å². The van der Waals surface area contributed by atoms with Crippen LogP contribution in [0.15, 0.2) is 84.0 Å². The van der Waals surface area contributed by atoms with Crippen molar-refractivity contribution in [1.29, 1.82) is 0 Å². The molecule has 0 aliphatic heterocycles. The molecule has 3 aromatic carbocycles. The number of hydrogen-bond acceptors (Lipinski definition) is 7. The fraction of sp³-hybridized carbons (Fsp3) is 0.0435. The quantitative estimate of drug-likeness (QED) is 0.203. The molecule has 0 saturated carbocycles. The van der Waals surface area contributed by atoms with Crippen molar-refractivity contribution in [3.63, 3.8) is 0 Å². The zero-order valence-corrected chi connectivity index (χ0v) is 17.6. The Kier molecular flexibility index (Phi) is 8.00. The fourth-order valence-electron chi connectivity index (χ4n) is 2.59. The Hall–Kier alpha value is -5.06. The van der Waals surface area contributed by atoms with Crippen molar-refractivity contribution in [2.75, 3.05) is 17.2 Å². The van der Waals surface area contributed by atoms with Gasteiger partial charge in [-0.05, 0) is 54.1 Å². The molecule has 0 atom stereocenters. The van der Waals surface area contributed by atoms with Crippen LogP contribution in [0.1, 0.15) is 5.56 Å². The van der Waals surface area contributed by atoms with Gasteiger partial charge in [0.2, 0.25) is 0 Å². The van der Waals surface area contributed by atoms with Crippen LogP contribution in [0.3, 0.4) is 0 Å². The first-order chi connectivity index (χ1) is 16.4. The van der Waals surface area contributed by atoms with Gasteiger partial charge in [-0.2, -0.15) is 5.10 Å². The van der Waals surface area contributed by atoms with Crippen molar-refractivity contribution in [1.82, 2.24) is 5.43 Å². The number of amides is 3. The number of nitrogens with one attached hydrogen (secondary N) is 3. The van der Waals surface area contributed by atoms with E-state index in [1.807, 2.05) is 18.2 Å². The van der Waals surface area contributed by atoms with Crippen LogP contribution in [0.25, 0.3) is 0 Å². The Balaban J connectivity index is 1.42. The van der Waals surface area contributed by atoms with Gasteiger partial charge in [0.1, 0.15) is 5.75 Å². The number of hydrazone groups is 1. The van der Waals surface area contributed by atoms with E-state index < -0.39 is 16.7 Å². The molecular formula is C23H19N5O6. The summed E-state index contributed by atoms with van der Waals surface area (Å²) in [5.74, 6) is -1.83. The van der Waals surface area contributed by atoms with Crippen LogP contribution in [0, 0.1) is 10.1 Å². The minimum Gasteiger partial charge on any atom is -0.484 e. The lowest BCUT2D eigenvalue weighted by atomic mass is 10.2. The number of benzene rings is 3. The molecule has 3 aromatic rings. The molecule has 0 saturated heterocycles. The summed E-state index contributed by atoms with van der Waals surface area (Å²) in [7, 11) is 0. The number of rotatable bonds is 8. The van der Waals surface area contributed by atoms with Crippen LogP contribution in [0.5, 0.6) is 5.75 Å². The molecule has 0 bridgehead atoms. The van der Waals surface area contributed by atoms with E-state index in [9.17, 15) is 24.5 Å². The van der Waals surface area contributed by atoms with Crippen molar-refractivity contribution >= 4 is 41.0 Å². The second-order valence-electron chi connectivity index (χ2n) is 6.73. The highest BCUT2D eigenvalue weighted by Gasteiger charge is 2.13. The molecule has 0 radical (unpaired) electrons. The van der Waals surface area contributed by atoms with Gasteiger partial charge in [0, 0.05) is 23.5 Å². The van der Waals surface area contributed by atoms with Gasteiger partial charge in [-0.1, -0.05) is 18.2 Å². The van der Waals surface area contributed by atoms with E-state index in [0.29, 0.717) is 17.0 Å². The average Bonchev–Trinajstić information content (AvgIpc) is 2.84. The lowest BCUT2D eigenvalue weighted by molar-refractivity contribution is -0.384. The molecule has 3 rings (SSSR count). The normalized spacial score (nSPS) is 10.4. The molecule has 0 heterocycles. The summed E-state index contributed by atoms with van der Waals surface area (Å²) >= 11 is 0. The number of nitro groups is 1. The molecule has 0 aliphatic carbocycles. The number of carbonyl (C=O) groups excluding carboxylic acids is 3. The highest BCUT2D eigenvalue weighted by atomic mass is 16.6. The molecule has 3 amide bonds. The molecule has 11 heteroatoms. The maximum atomic E-state index is 11.9. The maximum Gasteiger partial charge on any atom is 0.329 e. The van der Waals surface area contributed by atoms with Crippen LogP contribution in [0.4, 0.5) is 17.1 Å². The topological polar surface area (TPSA) is 152 Å². The van der Waals surface area contributed by atoms with E-state index >= 15 is 0 Å². The molecule has 0 spiro atoms. The summed E-state index contributed by atoms with van der Waals surface area (Å²) in [5.41, 5.74) is 3.45. The number of anilines is 2. The van der Waals surface area contributed by atoms with Crippen molar-refractivity contribution < 1.29 is 24.0 Å². The summed E-state index contributed by atoms with van der Waals surface area (Å²) in [5, 5.41) is 19.4. The number of non-ortho nitro benzene ring substituents is 1. The van der Waals surface area contributed by atoms with E-state index in [1.54, 1.807) is 36.4 Å². The molecule has 0 aliphatic rings. The molecule has 0 fully saturated rings. The molecular weight excluding hydrogens is 442 g/mol. The number of nitro benzene ring substituents is 1. The Bertz CT molecular complexity index is 1190. The molecule has 172 valence electrons. The third-order valence-corrected chi connectivity index (χ3v) is 4.23. The van der Waals surface area contributed by atoms with Gasteiger partial charge in [0.25, 0.3) is 11.6 Å². The molecule has 3 N–H and O–H groups in total. The number of carbonyl (C=O) groups is 3. The maximum absolute atomic E-state index is 11.9. The summed E-state index contributed by atoms with van der Waals surface area (Å²) in [6.45, 7) is -0.164. The van der Waals surface area contributed by atoms with Crippen LogP contribution < -0.4 is 20.8 Å². The van der Waals surface area contributed by atoms with Crippen molar-refractivity contribution in [3.8, 4) is 5.75 Å². The van der Waals surface area contributed by atoms with E-state index in [1.165, 1.54) is 30.5 Å². The Morgan fingerprint density at radius 3 is 2.15 bits per heavy atom. The second-order valence-corrected chi connectivity index (χ2v) is 6.73. The summed E-state index contributed by atoms with van der Waals surface area (Å²) in [6, 6.07) is 20.6. The van der Waals surface area contributed by atoms with Gasteiger partial charge >= 0.3 is 11.8 Å². The molecule has 34 heavy (non-hydrogen) atoms. The van der Waals surface area contributed by atoms with Crippen molar-refractivity contribution in [2.24, 2.45) is 5.10 Å². The summed E-state index contributed by atoms with van der Waals surface area (Å²) < 4.78 is 5.43. The third-order valence-electron chi connectivity index (χ3n) is 4.23. The Morgan fingerprint density at radius 2 is 1.50 bits per heavy atom. The van der Waals surface area contributed by atoms with E-state index in [0.717, 1.165) is 0 Å². The van der Waals surface area contributed by atoms with Crippen molar-refractivity contribution in [3.05, 3.63) is 94.5 Å². The van der Waals surface area contributed by atoms with Gasteiger partial charge < -0.3 is 15.4 Å². The van der Waals surface area contributed by atoms with Gasteiger partial charge in [0.05, 0.1) is 11.1 Å². The van der Waals surface area contributed by atoms with Crippen LogP contribution in [-0.2, 0) is 14.4 Å². The van der Waals surface area contributed by atoms with Crippen LogP contribution in [-0.4, -0.2) is 35.5 Å². The minimum absolute atomic E-state index is 0.140. The average molecular weight is 461 g/mol. The Labute approximate surface area is 193 Å². The highest BCUT2D eigenvalue weighted by molar-refractivity contribution is 6.39. The first kappa shape index (κ1) is 23.6. The first-order valence-electron chi connectivity index (χ1n) is 9.87. The SMILES string of the molecule is O=C(COc1ccc(/C=N\NC(=O)C(=O)Nc2ccc([N+](=O)[O-])cc2)cc1)Nc1ccccc1. The predicted octanol–water partition coefficient (Wildman–Crippen LogP) is 2.70. The van der Waals surface area contributed by atoms with E-state index in [2.05, 4.69) is 21.2 Å². The van der Waals surface area contributed by atoms with Gasteiger partial charge in [0.15, 0.2) is 6.61 Å². The van der Waals surface area contributed by atoms with Crippen molar-refractivity contribution in [2.45, 2.75) is 0 Å². The zero-order chi connectivity index (χ0) is 24.3. The number of para-hydroxylation sites is 1. The lowest BCUT2D eigenvalue weighted by Gasteiger charge is -2.07. The van der Waals surface area contributed by atoms with Gasteiger partial charge in [-0.3, -0.25) is 24.5 Å². The van der Waals surface area contributed by atoms with Crippen LogP contribution in [0.2, 0.25) is 0 Å². The fourth-order valence-corrected chi connectivity index (χ4v) is 2.59. The van der Waals surface area contributed by atoms with Gasteiger partial charge in [-0.25, -0.2) is 5.43 Å². The molecule has 0 unspecified atom stereocenters. The minimum atomic E-state index is -1.01. The standard InChI is InChI=1S/C23H19N5O6/c29-21(25-17-4-2-1-3-5-17)15-34-20-12-6-16(7-13-20)14-24-27-23(31)22(30)26-18-8-10-19(11-9-18)28(32)33/h1-14H,15H2,(H,25,29)(H,26,30)(H,27,31)/b24-14-. The lowest BCUT2D eigenvalue weighted by Crippen LogP contribution is -2.32.